The zero-order valence-electron chi connectivity index (χ0n) is 9.74. The summed E-state index contributed by atoms with van der Waals surface area (Å²) in [5.74, 6) is 1.02. The van der Waals surface area contributed by atoms with E-state index in [0.717, 1.165) is 5.75 Å². The number of methoxy groups -OCH3 is 1. The lowest BCUT2D eigenvalue weighted by molar-refractivity contribution is -0.115. The van der Waals surface area contributed by atoms with Gasteiger partial charge in [-0.3, -0.25) is 0 Å². The molecule has 2 aliphatic rings. The maximum atomic E-state index is 5.98. The van der Waals surface area contributed by atoms with Crippen molar-refractivity contribution in [3.05, 3.63) is 35.9 Å². The number of thioether (sulfide) groups is 1. The summed E-state index contributed by atoms with van der Waals surface area (Å²) >= 11 is 1.89. The Balaban J connectivity index is 1.60. The van der Waals surface area contributed by atoms with Crippen LogP contribution in [0.15, 0.2) is 30.3 Å². The van der Waals surface area contributed by atoms with Crippen molar-refractivity contribution in [2.24, 2.45) is 0 Å². The van der Waals surface area contributed by atoms with Crippen LogP contribution in [0.4, 0.5) is 0 Å². The molecular weight excluding hydrogens is 236 g/mol. The molecule has 3 rings (SSSR count). The molecule has 0 radical (unpaired) electrons. The van der Waals surface area contributed by atoms with Gasteiger partial charge in [0.1, 0.15) is 6.10 Å². The maximum Gasteiger partial charge on any atom is 0.172 e. The van der Waals surface area contributed by atoms with Gasteiger partial charge in [-0.1, -0.05) is 30.3 Å². The fourth-order valence-electron chi connectivity index (χ4n) is 2.37. The van der Waals surface area contributed by atoms with E-state index in [1.807, 2.05) is 30.0 Å². The quantitative estimate of drug-likeness (QED) is 0.820. The highest BCUT2D eigenvalue weighted by atomic mass is 32.2. The van der Waals surface area contributed by atoms with E-state index in [4.69, 9.17) is 14.2 Å². The Labute approximate surface area is 105 Å². The molecule has 0 aromatic heterocycles. The molecule has 0 N–H and O–H groups in total. The number of benzene rings is 1. The van der Waals surface area contributed by atoms with Gasteiger partial charge in [-0.15, -0.1) is 11.8 Å². The molecule has 0 aliphatic carbocycles. The Hall–Kier alpha value is -0.550. The van der Waals surface area contributed by atoms with Gasteiger partial charge >= 0.3 is 0 Å². The molecule has 2 saturated heterocycles. The van der Waals surface area contributed by atoms with Gasteiger partial charge in [0.15, 0.2) is 6.29 Å². The standard InChI is InChI=1S/C13H16O3S/c1-14-13-12-11(10(16-13)8-17-12)15-7-9-5-3-2-4-6-9/h2-6,10-13H,7-8H2,1H3/t10-,11+,12+,13+/m1/s1. The van der Waals surface area contributed by atoms with Crippen molar-refractivity contribution in [1.82, 2.24) is 0 Å². The second-order valence-electron chi connectivity index (χ2n) is 4.34. The van der Waals surface area contributed by atoms with Gasteiger partial charge in [-0.05, 0) is 5.56 Å². The first-order valence-corrected chi connectivity index (χ1v) is 6.89. The highest BCUT2D eigenvalue weighted by molar-refractivity contribution is 8.00. The van der Waals surface area contributed by atoms with Crippen LogP contribution >= 0.6 is 11.8 Å². The molecule has 0 amide bonds. The highest BCUT2D eigenvalue weighted by Crippen LogP contribution is 2.42. The molecule has 2 aliphatic heterocycles. The molecule has 1 aromatic carbocycles. The minimum absolute atomic E-state index is 0.0977. The number of fused-ring (bicyclic) bond motifs is 2. The average Bonchev–Trinajstić information content (AvgIpc) is 2.94. The lowest BCUT2D eigenvalue weighted by atomic mass is 10.2. The van der Waals surface area contributed by atoms with Crippen LogP contribution in [-0.4, -0.2) is 36.6 Å². The molecule has 2 heterocycles. The topological polar surface area (TPSA) is 27.7 Å². The molecule has 0 unspecified atom stereocenters. The van der Waals surface area contributed by atoms with Gasteiger partial charge in [-0.2, -0.15) is 0 Å². The maximum absolute atomic E-state index is 5.98. The fraction of sp³-hybridized carbons (Fsp3) is 0.538. The van der Waals surface area contributed by atoms with Gasteiger partial charge in [-0.25, -0.2) is 0 Å². The first kappa shape index (κ1) is 11.5. The molecule has 3 nitrogen and oxygen atoms in total. The van der Waals surface area contributed by atoms with Crippen molar-refractivity contribution in [2.45, 2.75) is 30.4 Å². The predicted octanol–water partition coefficient (Wildman–Crippen LogP) is 2.06. The van der Waals surface area contributed by atoms with E-state index in [1.165, 1.54) is 5.56 Å². The van der Waals surface area contributed by atoms with Crippen molar-refractivity contribution >= 4 is 11.8 Å². The van der Waals surface area contributed by atoms with Crippen LogP contribution in [0.5, 0.6) is 0 Å². The molecule has 2 bridgehead atoms. The summed E-state index contributed by atoms with van der Waals surface area (Å²) in [6, 6.07) is 10.2. The van der Waals surface area contributed by atoms with E-state index >= 15 is 0 Å². The normalized spacial score (nSPS) is 35.4. The monoisotopic (exact) mass is 252 g/mol. The first-order valence-electron chi connectivity index (χ1n) is 5.84. The van der Waals surface area contributed by atoms with Crippen LogP contribution in [0.3, 0.4) is 0 Å². The largest absolute Gasteiger partial charge is 0.369 e. The molecular formula is C13H16O3S. The van der Waals surface area contributed by atoms with Crippen molar-refractivity contribution in [3.8, 4) is 0 Å². The molecule has 1 aromatic rings. The van der Waals surface area contributed by atoms with Crippen LogP contribution in [-0.2, 0) is 20.8 Å². The van der Waals surface area contributed by atoms with E-state index in [9.17, 15) is 0 Å². The minimum Gasteiger partial charge on any atom is -0.369 e. The number of hydrogen-bond donors (Lipinski definition) is 0. The minimum atomic E-state index is -0.0977. The lowest BCUT2D eigenvalue weighted by Crippen LogP contribution is -2.28. The van der Waals surface area contributed by atoms with E-state index in [1.54, 1.807) is 7.11 Å². The third-order valence-electron chi connectivity index (χ3n) is 3.24. The van der Waals surface area contributed by atoms with Gasteiger partial charge in [0.05, 0.1) is 18.0 Å². The molecule has 4 heteroatoms. The third kappa shape index (κ3) is 2.22. The second-order valence-corrected chi connectivity index (χ2v) is 5.55. The molecule has 0 spiro atoms. The summed E-state index contributed by atoms with van der Waals surface area (Å²) in [4.78, 5) is 0. The van der Waals surface area contributed by atoms with Gasteiger partial charge < -0.3 is 14.2 Å². The first-order chi connectivity index (χ1) is 8.38. The summed E-state index contributed by atoms with van der Waals surface area (Å²) in [5, 5.41) is 0.328. The van der Waals surface area contributed by atoms with Gasteiger partial charge in [0, 0.05) is 12.9 Å². The summed E-state index contributed by atoms with van der Waals surface area (Å²) in [5.41, 5.74) is 1.21. The van der Waals surface area contributed by atoms with Crippen LogP contribution in [0.2, 0.25) is 0 Å². The van der Waals surface area contributed by atoms with Gasteiger partial charge in [0.25, 0.3) is 0 Å². The number of rotatable bonds is 4. The lowest BCUT2D eigenvalue weighted by Gasteiger charge is -2.19. The van der Waals surface area contributed by atoms with Crippen LogP contribution in [0.25, 0.3) is 0 Å². The zero-order chi connectivity index (χ0) is 11.7. The van der Waals surface area contributed by atoms with E-state index < -0.39 is 0 Å². The average molecular weight is 252 g/mol. The SMILES string of the molecule is CO[C@H]1O[C@@H]2CS[C@H]1[C@H]2OCc1ccccc1. The Kier molecular flexibility index (Phi) is 3.38. The summed E-state index contributed by atoms with van der Waals surface area (Å²) in [7, 11) is 1.69. The van der Waals surface area contributed by atoms with Crippen molar-refractivity contribution in [1.29, 1.82) is 0 Å². The Bertz CT molecular complexity index is 370. The smallest absolute Gasteiger partial charge is 0.172 e. The Morgan fingerprint density at radius 3 is 2.88 bits per heavy atom. The summed E-state index contributed by atoms with van der Waals surface area (Å²) < 4.78 is 17.0. The molecule has 4 atom stereocenters. The molecule has 92 valence electrons. The molecule has 0 saturated carbocycles. The van der Waals surface area contributed by atoms with Crippen molar-refractivity contribution in [2.75, 3.05) is 12.9 Å². The molecule has 17 heavy (non-hydrogen) atoms. The summed E-state index contributed by atoms with van der Waals surface area (Å²) in [6.45, 7) is 0.652. The zero-order valence-corrected chi connectivity index (χ0v) is 10.6. The second kappa shape index (κ2) is 4.98. The predicted molar refractivity (Wildman–Crippen MR) is 66.9 cm³/mol. The highest BCUT2D eigenvalue weighted by Gasteiger charge is 2.51. The Morgan fingerprint density at radius 2 is 2.18 bits per heavy atom. The third-order valence-corrected chi connectivity index (χ3v) is 4.63. The van der Waals surface area contributed by atoms with Crippen LogP contribution in [0.1, 0.15) is 5.56 Å². The van der Waals surface area contributed by atoms with E-state index in [0.29, 0.717) is 11.9 Å². The summed E-state index contributed by atoms with van der Waals surface area (Å²) in [6.07, 6.45) is 0.267. The molecule has 2 fully saturated rings. The number of ether oxygens (including phenoxy) is 3. The van der Waals surface area contributed by atoms with Crippen molar-refractivity contribution < 1.29 is 14.2 Å². The van der Waals surface area contributed by atoms with Crippen LogP contribution in [0, 0.1) is 0 Å². The van der Waals surface area contributed by atoms with Crippen LogP contribution < -0.4 is 0 Å². The van der Waals surface area contributed by atoms with Gasteiger partial charge in [0.2, 0.25) is 0 Å². The van der Waals surface area contributed by atoms with E-state index in [2.05, 4.69) is 12.1 Å². The Morgan fingerprint density at radius 1 is 1.35 bits per heavy atom. The number of hydrogen-bond acceptors (Lipinski definition) is 4. The van der Waals surface area contributed by atoms with E-state index in [-0.39, 0.29) is 18.5 Å². The van der Waals surface area contributed by atoms with Crippen molar-refractivity contribution in [3.63, 3.8) is 0 Å². The fourth-order valence-corrected chi connectivity index (χ4v) is 3.82.